The zero-order valence-electron chi connectivity index (χ0n) is 20.0. The standard InChI is InChI=1S/C28H21N3O4S2/c1-17-24(27(33)34-2)25(22-4-3-13-36-22)31-26(32)23(37-28(31)30-17)14-18-9-11-21(12-10-18)35-16-20-7-5-19(15-29)6-8-20/h3-14,25H,16H2,1-2H3. The summed E-state index contributed by atoms with van der Waals surface area (Å²) in [6.45, 7) is 2.15. The largest absolute Gasteiger partial charge is 0.489 e. The lowest BCUT2D eigenvalue weighted by atomic mass is 10.0. The van der Waals surface area contributed by atoms with Crippen molar-refractivity contribution in [2.45, 2.75) is 19.6 Å². The van der Waals surface area contributed by atoms with Gasteiger partial charge in [0.2, 0.25) is 0 Å². The molecular weight excluding hydrogens is 506 g/mol. The van der Waals surface area contributed by atoms with Gasteiger partial charge in [0.1, 0.15) is 18.4 Å². The number of ether oxygens (including phenoxy) is 2. The highest BCUT2D eigenvalue weighted by Gasteiger charge is 2.33. The summed E-state index contributed by atoms with van der Waals surface area (Å²) in [5.74, 6) is 0.199. The fraction of sp³-hybridized carbons (Fsp3) is 0.143. The van der Waals surface area contributed by atoms with E-state index in [2.05, 4.69) is 11.1 Å². The van der Waals surface area contributed by atoms with Crippen molar-refractivity contribution in [2.24, 2.45) is 4.99 Å². The summed E-state index contributed by atoms with van der Waals surface area (Å²) < 4.78 is 13.0. The Morgan fingerprint density at radius 2 is 1.92 bits per heavy atom. The number of fused-ring (bicyclic) bond motifs is 1. The number of hydrogen-bond donors (Lipinski definition) is 0. The number of thiophene rings is 1. The van der Waals surface area contributed by atoms with Gasteiger partial charge in [0.05, 0.1) is 34.5 Å². The first-order chi connectivity index (χ1) is 18.0. The molecule has 0 bridgehead atoms. The van der Waals surface area contributed by atoms with E-state index in [1.807, 2.05) is 60.0 Å². The van der Waals surface area contributed by atoms with Crippen LogP contribution in [0.1, 0.15) is 34.5 Å². The van der Waals surface area contributed by atoms with Gasteiger partial charge in [-0.25, -0.2) is 9.79 Å². The van der Waals surface area contributed by atoms with Gasteiger partial charge in [0.15, 0.2) is 4.80 Å². The number of carbonyl (C=O) groups is 1. The summed E-state index contributed by atoms with van der Waals surface area (Å²) in [5, 5.41) is 10.8. The predicted molar refractivity (Wildman–Crippen MR) is 142 cm³/mol. The number of allylic oxidation sites excluding steroid dienone is 1. The van der Waals surface area contributed by atoms with Gasteiger partial charge < -0.3 is 9.47 Å². The molecule has 1 atom stereocenters. The van der Waals surface area contributed by atoms with Gasteiger partial charge in [-0.05, 0) is 59.8 Å². The van der Waals surface area contributed by atoms with Crippen molar-refractivity contribution in [2.75, 3.05) is 7.11 Å². The monoisotopic (exact) mass is 527 g/mol. The van der Waals surface area contributed by atoms with E-state index >= 15 is 0 Å². The molecule has 2 aromatic carbocycles. The second-order valence-electron chi connectivity index (χ2n) is 8.26. The van der Waals surface area contributed by atoms with Crippen molar-refractivity contribution in [1.82, 2.24) is 4.57 Å². The molecule has 0 radical (unpaired) electrons. The van der Waals surface area contributed by atoms with Crippen LogP contribution in [0.4, 0.5) is 0 Å². The molecule has 0 N–H and O–H groups in total. The average molecular weight is 528 g/mol. The molecular formula is C28H21N3O4S2. The van der Waals surface area contributed by atoms with Crippen molar-refractivity contribution >= 4 is 34.7 Å². The van der Waals surface area contributed by atoms with Gasteiger partial charge in [-0.2, -0.15) is 5.26 Å². The molecule has 5 rings (SSSR count). The van der Waals surface area contributed by atoms with Gasteiger partial charge in [-0.3, -0.25) is 9.36 Å². The third kappa shape index (κ3) is 4.89. The Balaban J connectivity index is 1.44. The van der Waals surface area contributed by atoms with Crippen molar-refractivity contribution in [3.8, 4) is 11.8 Å². The first-order valence-electron chi connectivity index (χ1n) is 11.3. The number of methoxy groups -OCH3 is 1. The van der Waals surface area contributed by atoms with Crippen LogP contribution < -0.4 is 19.6 Å². The number of hydrogen-bond acceptors (Lipinski definition) is 8. The summed E-state index contributed by atoms with van der Waals surface area (Å²) in [5.41, 5.74) is 3.11. The molecule has 1 aliphatic heterocycles. The lowest BCUT2D eigenvalue weighted by Gasteiger charge is -2.22. The summed E-state index contributed by atoms with van der Waals surface area (Å²) in [7, 11) is 1.33. The Kier molecular flexibility index (Phi) is 6.86. The molecule has 1 unspecified atom stereocenters. The molecule has 1 aliphatic rings. The molecule has 0 spiro atoms. The van der Waals surface area contributed by atoms with Crippen LogP contribution >= 0.6 is 22.7 Å². The maximum Gasteiger partial charge on any atom is 0.338 e. The minimum absolute atomic E-state index is 0.211. The molecule has 0 amide bonds. The van der Waals surface area contributed by atoms with E-state index < -0.39 is 12.0 Å². The lowest BCUT2D eigenvalue weighted by molar-refractivity contribution is -0.136. The number of aromatic nitrogens is 1. The summed E-state index contributed by atoms with van der Waals surface area (Å²) in [6, 6.07) is 20.0. The Morgan fingerprint density at radius 3 is 2.57 bits per heavy atom. The molecule has 0 aliphatic carbocycles. The Labute approximate surface area is 220 Å². The predicted octanol–water partition coefficient (Wildman–Crippen LogP) is 3.92. The number of rotatable bonds is 6. The Morgan fingerprint density at radius 1 is 1.16 bits per heavy atom. The molecule has 4 aromatic rings. The molecule has 37 heavy (non-hydrogen) atoms. The molecule has 2 aromatic heterocycles. The molecule has 0 saturated heterocycles. The average Bonchev–Trinajstić information content (AvgIpc) is 3.56. The third-order valence-electron chi connectivity index (χ3n) is 5.91. The van der Waals surface area contributed by atoms with Gasteiger partial charge in [-0.15, -0.1) is 11.3 Å². The number of esters is 1. The van der Waals surface area contributed by atoms with Crippen LogP contribution in [0.5, 0.6) is 5.75 Å². The summed E-state index contributed by atoms with van der Waals surface area (Å²) in [4.78, 5) is 32.1. The second-order valence-corrected chi connectivity index (χ2v) is 10.2. The summed E-state index contributed by atoms with van der Waals surface area (Å²) >= 11 is 2.77. The van der Waals surface area contributed by atoms with E-state index in [0.717, 1.165) is 16.0 Å². The number of carbonyl (C=O) groups excluding carboxylic acids is 1. The van der Waals surface area contributed by atoms with Crippen molar-refractivity contribution in [3.05, 3.63) is 119 Å². The number of benzene rings is 2. The quantitative estimate of drug-likeness (QED) is 0.355. The van der Waals surface area contributed by atoms with E-state index in [4.69, 9.17) is 14.7 Å². The summed E-state index contributed by atoms with van der Waals surface area (Å²) in [6.07, 6.45) is 1.82. The minimum atomic E-state index is -0.580. The third-order valence-corrected chi connectivity index (χ3v) is 7.81. The van der Waals surface area contributed by atoms with E-state index in [0.29, 0.717) is 38.5 Å². The van der Waals surface area contributed by atoms with Gasteiger partial charge in [0.25, 0.3) is 5.56 Å². The van der Waals surface area contributed by atoms with Crippen molar-refractivity contribution < 1.29 is 14.3 Å². The Bertz CT molecular complexity index is 1710. The van der Waals surface area contributed by atoms with E-state index in [9.17, 15) is 9.59 Å². The topological polar surface area (TPSA) is 93.7 Å². The molecule has 0 fully saturated rings. The van der Waals surface area contributed by atoms with Crippen LogP contribution in [0.25, 0.3) is 6.08 Å². The molecule has 3 heterocycles. The van der Waals surface area contributed by atoms with E-state index in [1.165, 1.54) is 29.8 Å². The molecule has 0 saturated carbocycles. The van der Waals surface area contributed by atoms with E-state index in [1.54, 1.807) is 23.6 Å². The number of nitriles is 1. The lowest BCUT2D eigenvalue weighted by Crippen LogP contribution is -2.39. The van der Waals surface area contributed by atoms with Crippen LogP contribution in [0.3, 0.4) is 0 Å². The molecule has 7 nitrogen and oxygen atoms in total. The molecule has 184 valence electrons. The maximum atomic E-state index is 13.5. The number of nitrogens with zero attached hydrogens (tertiary/aromatic N) is 3. The first-order valence-corrected chi connectivity index (χ1v) is 13.0. The fourth-order valence-electron chi connectivity index (χ4n) is 4.06. The second kappa shape index (κ2) is 10.4. The van der Waals surface area contributed by atoms with Crippen LogP contribution in [-0.2, 0) is 16.1 Å². The zero-order valence-corrected chi connectivity index (χ0v) is 21.6. The highest BCUT2D eigenvalue weighted by Crippen LogP contribution is 2.33. The smallest absolute Gasteiger partial charge is 0.338 e. The first kappa shape index (κ1) is 24.4. The SMILES string of the molecule is COC(=O)C1=C(C)N=c2sc(=Cc3ccc(OCc4ccc(C#N)cc4)cc3)c(=O)n2C1c1cccs1. The van der Waals surface area contributed by atoms with Crippen LogP contribution in [-0.4, -0.2) is 17.6 Å². The van der Waals surface area contributed by atoms with Crippen molar-refractivity contribution in [3.63, 3.8) is 0 Å². The minimum Gasteiger partial charge on any atom is -0.489 e. The van der Waals surface area contributed by atoms with Crippen LogP contribution in [0, 0.1) is 11.3 Å². The Hall–Kier alpha value is -4.26. The van der Waals surface area contributed by atoms with Gasteiger partial charge in [0, 0.05) is 4.88 Å². The normalized spacial score (nSPS) is 15.1. The zero-order chi connectivity index (χ0) is 25.9. The fourth-order valence-corrected chi connectivity index (χ4v) is 5.93. The molecule has 9 heteroatoms. The van der Waals surface area contributed by atoms with Crippen molar-refractivity contribution in [1.29, 1.82) is 5.26 Å². The highest BCUT2D eigenvalue weighted by atomic mass is 32.1. The van der Waals surface area contributed by atoms with E-state index in [-0.39, 0.29) is 5.56 Å². The van der Waals surface area contributed by atoms with Gasteiger partial charge >= 0.3 is 5.97 Å². The van der Waals surface area contributed by atoms with Crippen LogP contribution in [0.2, 0.25) is 0 Å². The van der Waals surface area contributed by atoms with Gasteiger partial charge in [-0.1, -0.05) is 41.7 Å². The highest BCUT2D eigenvalue weighted by molar-refractivity contribution is 7.10. The number of thiazole rings is 1. The van der Waals surface area contributed by atoms with Crippen LogP contribution in [0.15, 0.2) is 87.1 Å². The maximum absolute atomic E-state index is 13.5.